The molecule has 2 heteroatoms. The van der Waals surface area contributed by atoms with Gasteiger partial charge in [0.05, 0.1) is 6.10 Å². The zero-order chi connectivity index (χ0) is 9.42. The first-order valence-corrected chi connectivity index (χ1v) is 4.79. The Bertz CT molecular complexity index is 322. The molecule has 1 aliphatic rings. The van der Waals surface area contributed by atoms with Gasteiger partial charge < -0.3 is 5.11 Å². The standard InChI is InChI=1S/C11H15NO/c1-7-5-9(6-12-8(7)2)10-3-4-11(10)13/h5-6,10-11,13H,3-4H2,1-2H3. The van der Waals surface area contributed by atoms with Gasteiger partial charge >= 0.3 is 0 Å². The normalized spacial score (nSPS) is 27.0. The van der Waals surface area contributed by atoms with Crippen LogP contribution in [-0.4, -0.2) is 16.2 Å². The fourth-order valence-electron chi connectivity index (χ4n) is 1.74. The maximum Gasteiger partial charge on any atom is 0.0609 e. The summed E-state index contributed by atoms with van der Waals surface area (Å²) in [7, 11) is 0. The van der Waals surface area contributed by atoms with Gasteiger partial charge in [0.2, 0.25) is 0 Å². The van der Waals surface area contributed by atoms with Gasteiger partial charge in [-0.3, -0.25) is 4.98 Å². The summed E-state index contributed by atoms with van der Waals surface area (Å²) in [4.78, 5) is 4.30. The van der Waals surface area contributed by atoms with Crippen molar-refractivity contribution in [3.05, 3.63) is 29.1 Å². The third kappa shape index (κ3) is 1.46. The van der Waals surface area contributed by atoms with E-state index in [2.05, 4.69) is 18.0 Å². The Labute approximate surface area is 78.6 Å². The van der Waals surface area contributed by atoms with Crippen molar-refractivity contribution < 1.29 is 5.11 Å². The first-order valence-electron chi connectivity index (χ1n) is 4.79. The average molecular weight is 177 g/mol. The summed E-state index contributed by atoms with van der Waals surface area (Å²) < 4.78 is 0. The zero-order valence-corrected chi connectivity index (χ0v) is 8.12. The van der Waals surface area contributed by atoms with Gasteiger partial charge in [0, 0.05) is 17.8 Å². The molecule has 70 valence electrons. The molecule has 1 fully saturated rings. The van der Waals surface area contributed by atoms with Crippen molar-refractivity contribution in [1.29, 1.82) is 0 Å². The van der Waals surface area contributed by atoms with Crippen LogP contribution < -0.4 is 0 Å². The Kier molecular flexibility index (Phi) is 2.08. The molecule has 1 aromatic heterocycles. The number of hydrogen-bond donors (Lipinski definition) is 1. The molecule has 0 aromatic carbocycles. The molecule has 1 heterocycles. The van der Waals surface area contributed by atoms with Crippen LogP contribution in [0.3, 0.4) is 0 Å². The topological polar surface area (TPSA) is 33.1 Å². The highest BCUT2D eigenvalue weighted by molar-refractivity contribution is 5.27. The van der Waals surface area contributed by atoms with E-state index in [0.717, 1.165) is 18.5 Å². The molecule has 1 aromatic rings. The number of aromatic nitrogens is 1. The van der Waals surface area contributed by atoms with E-state index in [1.54, 1.807) is 0 Å². The number of aliphatic hydroxyl groups excluding tert-OH is 1. The molecule has 0 spiro atoms. The summed E-state index contributed by atoms with van der Waals surface area (Å²) >= 11 is 0. The van der Waals surface area contributed by atoms with Crippen LogP contribution in [0.2, 0.25) is 0 Å². The highest BCUT2D eigenvalue weighted by atomic mass is 16.3. The molecule has 0 bridgehead atoms. The van der Waals surface area contributed by atoms with Crippen molar-refractivity contribution >= 4 is 0 Å². The van der Waals surface area contributed by atoms with Gasteiger partial charge in [-0.05, 0) is 37.8 Å². The van der Waals surface area contributed by atoms with Crippen molar-refractivity contribution in [1.82, 2.24) is 4.98 Å². The second-order valence-electron chi connectivity index (χ2n) is 3.92. The van der Waals surface area contributed by atoms with Gasteiger partial charge in [-0.1, -0.05) is 6.07 Å². The molecule has 2 rings (SSSR count). The van der Waals surface area contributed by atoms with Crippen LogP contribution >= 0.6 is 0 Å². The minimum Gasteiger partial charge on any atom is -0.392 e. The van der Waals surface area contributed by atoms with Gasteiger partial charge in [-0.2, -0.15) is 0 Å². The lowest BCUT2D eigenvalue weighted by Gasteiger charge is -2.32. The predicted molar refractivity (Wildman–Crippen MR) is 51.7 cm³/mol. The molecule has 2 nitrogen and oxygen atoms in total. The highest BCUT2D eigenvalue weighted by Crippen LogP contribution is 2.36. The van der Waals surface area contributed by atoms with Crippen molar-refractivity contribution in [2.24, 2.45) is 0 Å². The third-order valence-electron chi connectivity index (χ3n) is 3.03. The van der Waals surface area contributed by atoms with E-state index in [0.29, 0.717) is 5.92 Å². The number of aliphatic hydroxyl groups is 1. The molecule has 0 radical (unpaired) electrons. The van der Waals surface area contributed by atoms with Crippen molar-refractivity contribution in [3.63, 3.8) is 0 Å². The zero-order valence-electron chi connectivity index (χ0n) is 8.12. The van der Waals surface area contributed by atoms with Crippen molar-refractivity contribution in [3.8, 4) is 0 Å². The summed E-state index contributed by atoms with van der Waals surface area (Å²) in [5, 5.41) is 9.49. The Morgan fingerprint density at radius 2 is 2.15 bits per heavy atom. The van der Waals surface area contributed by atoms with Gasteiger partial charge in [-0.25, -0.2) is 0 Å². The minimum atomic E-state index is -0.135. The second-order valence-corrected chi connectivity index (χ2v) is 3.92. The van der Waals surface area contributed by atoms with Gasteiger partial charge in [0.1, 0.15) is 0 Å². The van der Waals surface area contributed by atoms with Gasteiger partial charge in [0.25, 0.3) is 0 Å². The van der Waals surface area contributed by atoms with Crippen LogP contribution in [0.25, 0.3) is 0 Å². The molecular weight excluding hydrogens is 162 g/mol. The van der Waals surface area contributed by atoms with Gasteiger partial charge in [-0.15, -0.1) is 0 Å². The Morgan fingerprint density at radius 1 is 1.38 bits per heavy atom. The number of pyridine rings is 1. The molecule has 0 amide bonds. The monoisotopic (exact) mass is 177 g/mol. The number of nitrogens with zero attached hydrogens (tertiary/aromatic N) is 1. The van der Waals surface area contributed by atoms with E-state index < -0.39 is 0 Å². The lowest BCUT2D eigenvalue weighted by Crippen LogP contribution is -2.29. The number of hydrogen-bond acceptors (Lipinski definition) is 2. The molecule has 2 unspecified atom stereocenters. The van der Waals surface area contributed by atoms with Crippen LogP contribution in [0.15, 0.2) is 12.3 Å². The fourth-order valence-corrected chi connectivity index (χ4v) is 1.74. The van der Waals surface area contributed by atoms with E-state index in [1.807, 2.05) is 13.1 Å². The fraction of sp³-hybridized carbons (Fsp3) is 0.545. The second kappa shape index (κ2) is 3.11. The maximum absolute atomic E-state index is 9.49. The molecule has 1 N–H and O–H groups in total. The molecule has 1 aliphatic carbocycles. The molecule has 13 heavy (non-hydrogen) atoms. The lowest BCUT2D eigenvalue weighted by molar-refractivity contribution is 0.0659. The maximum atomic E-state index is 9.49. The van der Waals surface area contributed by atoms with Crippen LogP contribution in [0.5, 0.6) is 0 Å². The highest BCUT2D eigenvalue weighted by Gasteiger charge is 2.30. The summed E-state index contributed by atoms with van der Waals surface area (Å²) in [5.41, 5.74) is 3.50. The first kappa shape index (κ1) is 8.70. The molecule has 1 saturated carbocycles. The smallest absolute Gasteiger partial charge is 0.0609 e. The third-order valence-corrected chi connectivity index (χ3v) is 3.03. The van der Waals surface area contributed by atoms with Crippen LogP contribution in [0.1, 0.15) is 35.6 Å². The lowest BCUT2D eigenvalue weighted by atomic mass is 9.77. The van der Waals surface area contributed by atoms with Crippen LogP contribution in [-0.2, 0) is 0 Å². The Hall–Kier alpha value is -0.890. The van der Waals surface area contributed by atoms with E-state index in [4.69, 9.17) is 0 Å². The number of aryl methyl sites for hydroxylation is 2. The quantitative estimate of drug-likeness (QED) is 0.711. The van der Waals surface area contributed by atoms with E-state index in [-0.39, 0.29) is 6.10 Å². The summed E-state index contributed by atoms with van der Waals surface area (Å²) in [5.74, 6) is 0.340. The average Bonchev–Trinajstić information content (AvgIpc) is 2.09. The van der Waals surface area contributed by atoms with E-state index >= 15 is 0 Å². The molecular formula is C11H15NO. The SMILES string of the molecule is Cc1cc(C2CCC2O)cnc1C. The molecule has 0 aliphatic heterocycles. The summed E-state index contributed by atoms with van der Waals surface area (Å²) in [6.45, 7) is 4.08. The summed E-state index contributed by atoms with van der Waals surface area (Å²) in [6, 6.07) is 2.15. The van der Waals surface area contributed by atoms with Crippen LogP contribution in [0.4, 0.5) is 0 Å². The largest absolute Gasteiger partial charge is 0.392 e. The molecule has 2 atom stereocenters. The van der Waals surface area contributed by atoms with E-state index in [1.165, 1.54) is 11.1 Å². The Morgan fingerprint density at radius 3 is 2.62 bits per heavy atom. The van der Waals surface area contributed by atoms with Crippen molar-refractivity contribution in [2.75, 3.05) is 0 Å². The first-order chi connectivity index (χ1) is 6.18. The van der Waals surface area contributed by atoms with E-state index in [9.17, 15) is 5.11 Å². The van der Waals surface area contributed by atoms with Crippen molar-refractivity contribution in [2.45, 2.75) is 38.7 Å². The van der Waals surface area contributed by atoms with Crippen LogP contribution in [0, 0.1) is 13.8 Å². The van der Waals surface area contributed by atoms with Gasteiger partial charge in [0.15, 0.2) is 0 Å². The predicted octanol–water partition coefficient (Wildman–Crippen LogP) is 1.94. The minimum absolute atomic E-state index is 0.135. The molecule has 0 saturated heterocycles. The summed E-state index contributed by atoms with van der Waals surface area (Å²) in [6.07, 6.45) is 3.81. The number of rotatable bonds is 1. The Balaban J connectivity index is 2.26.